The minimum atomic E-state index is -0.206. The molecule has 0 aromatic heterocycles. The Morgan fingerprint density at radius 3 is 2.34 bits per heavy atom. The van der Waals surface area contributed by atoms with Crippen LogP contribution in [0.3, 0.4) is 0 Å². The van der Waals surface area contributed by atoms with Crippen molar-refractivity contribution < 1.29 is 19.7 Å². The summed E-state index contributed by atoms with van der Waals surface area (Å²) in [6.45, 7) is 16.3. The molecular weight excluding hydrogens is 364 g/mol. The van der Waals surface area contributed by atoms with Gasteiger partial charge in [-0.3, -0.25) is 4.79 Å². The van der Waals surface area contributed by atoms with Gasteiger partial charge in [-0.2, -0.15) is 0 Å². The maximum Gasteiger partial charge on any atom is 0.154 e. The largest absolute Gasteiger partial charge is 0.507 e. The smallest absolute Gasteiger partial charge is 0.154 e. The van der Waals surface area contributed by atoms with Gasteiger partial charge in [0, 0.05) is 5.56 Å². The summed E-state index contributed by atoms with van der Waals surface area (Å²) in [5.41, 5.74) is 3.07. The monoisotopic (exact) mass is 402 g/mol. The Morgan fingerprint density at radius 2 is 1.79 bits per heavy atom. The summed E-state index contributed by atoms with van der Waals surface area (Å²) in [5.74, 6) is 1.03. The first kappa shape index (κ1) is 23.5. The molecule has 2 rings (SSSR count). The van der Waals surface area contributed by atoms with Gasteiger partial charge in [-0.25, -0.2) is 0 Å². The number of hydrogen-bond acceptors (Lipinski definition) is 4. The predicted octanol–water partition coefficient (Wildman–Crippen LogP) is 6.03. The van der Waals surface area contributed by atoms with Crippen molar-refractivity contribution in [3.05, 3.63) is 34.4 Å². The SMILES string of the molecule is C=C1CC(C(C)CCCC(C)CCc2c(O)c(C)c(C)c(C=O)c2O)OC1(C)C. The topological polar surface area (TPSA) is 66.8 Å². The van der Waals surface area contributed by atoms with E-state index in [0.29, 0.717) is 41.2 Å². The third-order valence-electron chi connectivity index (χ3n) is 6.89. The number of benzene rings is 1. The van der Waals surface area contributed by atoms with E-state index in [2.05, 4.69) is 34.3 Å². The maximum absolute atomic E-state index is 11.3. The molecule has 0 bridgehead atoms. The van der Waals surface area contributed by atoms with Crippen LogP contribution in [0, 0.1) is 25.7 Å². The summed E-state index contributed by atoms with van der Waals surface area (Å²) in [6, 6.07) is 0. The van der Waals surface area contributed by atoms with Gasteiger partial charge in [0.1, 0.15) is 11.5 Å². The van der Waals surface area contributed by atoms with Gasteiger partial charge in [0.15, 0.2) is 6.29 Å². The second kappa shape index (κ2) is 9.34. The molecule has 1 aliphatic heterocycles. The number of rotatable bonds is 9. The van der Waals surface area contributed by atoms with Gasteiger partial charge < -0.3 is 14.9 Å². The minimum Gasteiger partial charge on any atom is -0.507 e. The molecule has 29 heavy (non-hydrogen) atoms. The normalized spacial score (nSPS) is 20.6. The van der Waals surface area contributed by atoms with Crippen LogP contribution in [0.2, 0.25) is 0 Å². The quantitative estimate of drug-likeness (QED) is 0.391. The lowest BCUT2D eigenvalue weighted by molar-refractivity contribution is -0.0299. The molecule has 1 heterocycles. The molecule has 1 aromatic rings. The Balaban J connectivity index is 1.85. The summed E-state index contributed by atoms with van der Waals surface area (Å²) in [6.07, 6.45) is 6.65. The van der Waals surface area contributed by atoms with Gasteiger partial charge in [-0.15, -0.1) is 0 Å². The van der Waals surface area contributed by atoms with Crippen molar-refractivity contribution in [1.82, 2.24) is 0 Å². The lowest BCUT2D eigenvalue weighted by Gasteiger charge is -2.24. The van der Waals surface area contributed by atoms with E-state index in [1.165, 1.54) is 5.57 Å². The number of ether oxygens (including phenoxy) is 1. The van der Waals surface area contributed by atoms with Crippen LogP contribution in [0.4, 0.5) is 0 Å². The highest BCUT2D eigenvalue weighted by Gasteiger charge is 2.37. The van der Waals surface area contributed by atoms with Crippen molar-refractivity contribution in [3.63, 3.8) is 0 Å². The summed E-state index contributed by atoms with van der Waals surface area (Å²) < 4.78 is 6.17. The molecule has 1 aliphatic rings. The number of phenols is 2. The van der Waals surface area contributed by atoms with Crippen molar-refractivity contribution in [2.24, 2.45) is 11.8 Å². The molecule has 162 valence electrons. The minimum absolute atomic E-state index is 0.0670. The number of phenolic OH excluding ortho intramolecular Hbond substituents is 2. The van der Waals surface area contributed by atoms with Crippen molar-refractivity contribution in [1.29, 1.82) is 0 Å². The Labute approximate surface area is 176 Å². The van der Waals surface area contributed by atoms with Crippen molar-refractivity contribution in [2.75, 3.05) is 0 Å². The van der Waals surface area contributed by atoms with Gasteiger partial charge in [0.25, 0.3) is 0 Å². The second-order valence-corrected chi connectivity index (χ2v) is 9.48. The van der Waals surface area contributed by atoms with Crippen LogP contribution in [0.1, 0.15) is 86.8 Å². The van der Waals surface area contributed by atoms with Crippen LogP contribution >= 0.6 is 0 Å². The van der Waals surface area contributed by atoms with E-state index >= 15 is 0 Å². The van der Waals surface area contributed by atoms with Crippen molar-refractivity contribution >= 4 is 6.29 Å². The van der Waals surface area contributed by atoms with Crippen LogP contribution in [-0.2, 0) is 11.2 Å². The van der Waals surface area contributed by atoms with E-state index in [4.69, 9.17) is 4.74 Å². The molecular formula is C25H38O4. The fraction of sp³-hybridized carbons (Fsp3) is 0.640. The maximum atomic E-state index is 11.3. The highest BCUT2D eigenvalue weighted by Crippen LogP contribution is 2.39. The fourth-order valence-corrected chi connectivity index (χ4v) is 4.26. The first-order valence-corrected chi connectivity index (χ1v) is 10.8. The van der Waals surface area contributed by atoms with E-state index in [0.717, 1.165) is 32.1 Å². The number of hydrogen-bond donors (Lipinski definition) is 2. The third-order valence-corrected chi connectivity index (χ3v) is 6.89. The lowest BCUT2D eigenvalue weighted by atomic mass is 9.89. The molecule has 0 spiro atoms. The Bertz CT molecular complexity index is 763. The average molecular weight is 403 g/mol. The van der Waals surface area contributed by atoms with E-state index in [1.54, 1.807) is 13.8 Å². The highest BCUT2D eigenvalue weighted by atomic mass is 16.5. The molecule has 3 atom stereocenters. The van der Waals surface area contributed by atoms with Gasteiger partial charge in [0.2, 0.25) is 0 Å². The molecule has 0 aliphatic carbocycles. The number of aromatic hydroxyl groups is 2. The zero-order valence-electron chi connectivity index (χ0n) is 19.0. The van der Waals surface area contributed by atoms with Gasteiger partial charge in [-0.1, -0.05) is 33.3 Å². The summed E-state index contributed by atoms with van der Waals surface area (Å²) in [7, 11) is 0. The summed E-state index contributed by atoms with van der Waals surface area (Å²) in [4.78, 5) is 11.3. The second-order valence-electron chi connectivity index (χ2n) is 9.48. The molecule has 2 N–H and O–H groups in total. The molecule has 0 amide bonds. The Hall–Kier alpha value is -1.81. The van der Waals surface area contributed by atoms with E-state index in [-0.39, 0.29) is 28.8 Å². The number of carbonyl (C=O) groups is 1. The van der Waals surface area contributed by atoms with Crippen molar-refractivity contribution in [3.8, 4) is 11.5 Å². The number of carbonyl (C=O) groups excluding carboxylic acids is 1. The van der Waals surface area contributed by atoms with Crippen LogP contribution in [0.15, 0.2) is 12.2 Å². The molecule has 1 fully saturated rings. The molecule has 0 radical (unpaired) electrons. The van der Waals surface area contributed by atoms with E-state index < -0.39 is 0 Å². The van der Waals surface area contributed by atoms with Crippen LogP contribution in [-0.4, -0.2) is 28.2 Å². The Kier molecular flexibility index (Phi) is 7.56. The third kappa shape index (κ3) is 5.22. The molecule has 4 heteroatoms. The molecule has 4 nitrogen and oxygen atoms in total. The zero-order valence-corrected chi connectivity index (χ0v) is 19.0. The zero-order chi connectivity index (χ0) is 21.9. The van der Waals surface area contributed by atoms with Crippen LogP contribution in [0.5, 0.6) is 11.5 Å². The average Bonchev–Trinajstić information content (AvgIpc) is 2.93. The first-order valence-electron chi connectivity index (χ1n) is 10.8. The van der Waals surface area contributed by atoms with E-state index in [9.17, 15) is 15.0 Å². The standard InChI is InChI=1S/C25H38O4/c1-15(9-8-10-16(2)22-13-17(3)25(6,7)29-22)11-12-20-23(27)19(5)18(4)21(14-26)24(20)28/h14-16,22,27-28H,3,8-13H2,1-2,4-7H3. The summed E-state index contributed by atoms with van der Waals surface area (Å²) in [5, 5.41) is 20.8. The van der Waals surface area contributed by atoms with Gasteiger partial charge >= 0.3 is 0 Å². The van der Waals surface area contributed by atoms with E-state index in [1.807, 2.05) is 0 Å². The lowest BCUT2D eigenvalue weighted by Crippen LogP contribution is -2.24. The molecule has 1 saturated heterocycles. The fourth-order valence-electron chi connectivity index (χ4n) is 4.26. The van der Waals surface area contributed by atoms with Crippen LogP contribution < -0.4 is 0 Å². The number of aldehydes is 1. The molecule has 1 aromatic carbocycles. The highest BCUT2D eigenvalue weighted by molar-refractivity contribution is 5.84. The Morgan fingerprint density at radius 1 is 1.14 bits per heavy atom. The van der Waals surface area contributed by atoms with Crippen LogP contribution in [0.25, 0.3) is 0 Å². The van der Waals surface area contributed by atoms with Crippen molar-refractivity contribution in [2.45, 2.75) is 91.8 Å². The molecule has 3 unspecified atom stereocenters. The molecule has 0 saturated carbocycles. The van der Waals surface area contributed by atoms with Gasteiger partial charge in [-0.05, 0) is 81.9 Å². The first-order chi connectivity index (χ1) is 13.5. The van der Waals surface area contributed by atoms with Gasteiger partial charge in [0.05, 0.1) is 17.3 Å². The predicted molar refractivity (Wildman–Crippen MR) is 118 cm³/mol. The summed E-state index contributed by atoms with van der Waals surface area (Å²) >= 11 is 0.